The standard InChI is InChI=1S/C25H31N3O4/c1-5-17(4)26-24(30)22-23(19-8-7-9-20(14-19)27-21(29)6-2)32-25(31)28(22)15-18-12-10-16(3)11-13-18/h7-14,17,22-23H,5-6,15H2,1-4H3,(H,26,30)(H,27,29). The third-order valence-electron chi connectivity index (χ3n) is 5.65. The molecule has 2 aromatic carbocycles. The van der Waals surface area contributed by atoms with Crippen LogP contribution < -0.4 is 10.6 Å². The summed E-state index contributed by atoms with van der Waals surface area (Å²) < 4.78 is 5.70. The molecule has 0 bridgehead atoms. The highest BCUT2D eigenvalue weighted by Crippen LogP contribution is 2.35. The molecule has 0 aromatic heterocycles. The lowest BCUT2D eigenvalue weighted by atomic mass is 9.99. The van der Waals surface area contributed by atoms with Crippen LogP contribution in [-0.4, -0.2) is 34.9 Å². The lowest BCUT2D eigenvalue weighted by Gasteiger charge is -2.26. The summed E-state index contributed by atoms with van der Waals surface area (Å²) in [5, 5.41) is 5.80. The Hall–Kier alpha value is -3.35. The molecule has 0 aliphatic carbocycles. The monoisotopic (exact) mass is 437 g/mol. The van der Waals surface area contributed by atoms with Gasteiger partial charge in [-0.1, -0.05) is 55.8 Å². The second-order valence-electron chi connectivity index (χ2n) is 8.21. The predicted octanol–water partition coefficient (Wildman–Crippen LogP) is 4.32. The quantitative estimate of drug-likeness (QED) is 0.644. The number of anilines is 1. The first-order valence-electron chi connectivity index (χ1n) is 11.0. The molecule has 1 aliphatic rings. The van der Waals surface area contributed by atoms with Crippen LogP contribution in [0.1, 0.15) is 56.4 Å². The summed E-state index contributed by atoms with van der Waals surface area (Å²) in [6.07, 6.45) is -0.195. The number of rotatable bonds is 8. The summed E-state index contributed by atoms with van der Waals surface area (Å²) in [5.74, 6) is -0.372. The first-order valence-corrected chi connectivity index (χ1v) is 11.0. The second kappa shape index (κ2) is 10.3. The van der Waals surface area contributed by atoms with E-state index in [-0.39, 0.29) is 24.4 Å². The molecule has 2 N–H and O–H groups in total. The van der Waals surface area contributed by atoms with Gasteiger partial charge in [0, 0.05) is 18.2 Å². The number of nitrogens with one attached hydrogen (secondary N) is 2. The number of hydrogen-bond donors (Lipinski definition) is 2. The van der Waals surface area contributed by atoms with Crippen molar-refractivity contribution in [2.75, 3.05) is 5.32 Å². The Kier molecular flexibility index (Phi) is 7.51. The highest BCUT2D eigenvalue weighted by atomic mass is 16.6. The van der Waals surface area contributed by atoms with E-state index in [4.69, 9.17) is 4.74 Å². The average molecular weight is 438 g/mol. The molecule has 2 aromatic rings. The van der Waals surface area contributed by atoms with Gasteiger partial charge in [-0.3, -0.25) is 14.5 Å². The van der Waals surface area contributed by atoms with Gasteiger partial charge in [-0.25, -0.2) is 4.79 Å². The molecule has 7 heteroatoms. The first kappa shape index (κ1) is 23.3. The minimum Gasteiger partial charge on any atom is -0.438 e. The Bertz CT molecular complexity index is 973. The van der Waals surface area contributed by atoms with Gasteiger partial charge in [0.15, 0.2) is 12.1 Å². The normalized spacial score (nSPS) is 18.8. The Morgan fingerprint density at radius 1 is 1.12 bits per heavy atom. The van der Waals surface area contributed by atoms with Gasteiger partial charge in [0.25, 0.3) is 0 Å². The van der Waals surface area contributed by atoms with Gasteiger partial charge in [0.05, 0.1) is 6.54 Å². The van der Waals surface area contributed by atoms with E-state index in [0.29, 0.717) is 17.7 Å². The van der Waals surface area contributed by atoms with Gasteiger partial charge < -0.3 is 15.4 Å². The van der Waals surface area contributed by atoms with Crippen molar-refractivity contribution in [2.24, 2.45) is 0 Å². The second-order valence-corrected chi connectivity index (χ2v) is 8.21. The lowest BCUT2D eigenvalue weighted by molar-refractivity contribution is -0.127. The fraction of sp³-hybridized carbons (Fsp3) is 0.400. The summed E-state index contributed by atoms with van der Waals surface area (Å²) in [4.78, 5) is 39.4. The zero-order valence-electron chi connectivity index (χ0n) is 19.1. The number of ether oxygens (including phenoxy) is 1. The van der Waals surface area contributed by atoms with Crippen molar-refractivity contribution in [3.63, 3.8) is 0 Å². The summed E-state index contributed by atoms with van der Waals surface area (Å²) >= 11 is 0. The molecule has 3 unspecified atom stereocenters. The van der Waals surface area contributed by atoms with Crippen LogP contribution in [0.15, 0.2) is 48.5 Å². The zero-order valence-corrected chi connectivity index (χ0v) is 19.1. The van der Waals surface area contributed by atoms with Crippen LogP contribution in [0.2, 0.25) is 0 Å². The number of carbonyl (C=O) groups is 3. The van der Waals surface area contributed by atoms with Crippen molar-refractivity contribution in [2.45, 2.75) is 65.3 Å². The third kappa shape index (κ3) is 5.46. The lowest BCUT2D eigenvalue weighted by Crippen LogP contribution is -2.48. The topological polar surface area (TPSA) is 87.7 Å². The number of aryl methyl sites for hydroxylation is 1. The summed E-state index contributed by atoms with van der Waals surface area (Å²) in [6, 6.07) is 14.1. The minimum atomic E-state index is -0.824. The van der Waals surface area contributed by atoms with Crippen molar-refractivity contribution < 1.29 is 19.1 Å². The highest BCUT2D eigenvalue weighted by Gasteiger charge is 2.47. The predicted molar refractivity (Wildman–Crippen MR) is 123 cm³/mol. The van der Waals surface area contributed by atoms with Crippen molar-refractivity contribution in [3.05, 3.63) is 65.2 Å². The van der Waals surface area contributed by atoms with Gasteiger partial charge in [-0.05, 0) is 43.5 Å². The fourth-order valence-corrected chi connectivity index (χ4v) is 3.57. The van der Waals surface area contributed by atoms with Gasteiger partial charge >= 0.3 is 6.09 Å². The van der Waals surface area contributed by atoms with E-state index >= 15 is 0 Å². The maximum absolute atomic E-state index is 13.3. The van der Waals surface area contributed by atoms with Crippen molar-refractivity contribution in [1.82, 2.24) is 10.2 Å². The van der Waals surface area contributed by atoms with E-state index in [1.54, 1.807) is 31.2 Å². The third-order valence-corrected chi connectivity index (χ3v) is 5.65. The van der Waals surface area contributed by atoms with Gasteiger partial charge in [-0.2, -0.15) is 0 Å². The van der Waals surface area contributed by atoms with Crippen molar-refractivity contribution >= 4 is 23.6 Å². The van der Waals surface area contributed by atoms with Crippen LogP contribution in [0.5, 0.6) is 0 Å². The molecule has 1 heterocycles. The Balaban J connectivity index is 1.92. The van der Waals surface area contributed by atoms with Gasteiger partial charge in [0.2, 0.25) is 11.8 Å². The van der Waals surface area contributed by atoms with Crippen LogP contribution >= 0.6 is 0 Å². The molecule has 0 saturated carbocycles. The molecule has 3 amide bonds. The summed E-state index contributed by atoms with van der Waals surface area (Å²) in [7, 11) is 0. The first-order chi connectivity index (χ1) is 15.3. The van der Waals surface area contributed by atoms with Gasteiger partial charge in [0.1, 0.15) is 0 Å². The summed E-state index contributed by atoms with van der Waals surface area (Å²) in [5.41, 5.74) is 3.29. The number of cyclic esters (lactones) is 1. The maximum atomic E-state index is 13.3. The fourth-order valence-electron chi connectivity index (χ4n) is 3.57. The molecular weight excluding hydrogens is 406 g/mol. The van der Waals surface area contributed by atoms with Crippen LogP contribution in [0, 0.1) is 6.92 Å². The van der Waals surface area contributed by atoms with E-state index in [2.05, 4.69) is 10.6 Å². The van der Waals surface area contributed by atoms with Crippen molar-refractivity contribution in [3.8, 4) is 0 Å². The number of carbonyl (C=O) groups excluding carboxylic acids is 3. The molecule has 1 aliphatic heterocycles. The van der Waals surface area contributed by atoms with E-state index < -0.39 is 18.2 Å². The Labute approximate surface area is 189 Å². The molecule has 3 rings (SSSR count). The van der Waals surface area contributed by atoms with Crippen LogP contribution in [0.3, 0.4) is 0 Å². The van der Waals surface area contributed by atoms with E-state index in [1.165, 1.54) is 4.90 Å². The SMILES string of the molecule is CCC(=O)Nc1cccc(C2OC(=O)N(Cc3ccc(C)cc3)C2C(=O)NC(C)CC)c1. The minimum absolute atomic E-state index is 0.0322. The number of benzene rings is 2. The summed E-state index contributed by atoms with van der Waals surface area (Å²) in [6.45, 7) is 7.95. The molecule has 1 saturated heterocycles. The largest absolute Gasteiger partial charge is 0.438 e. The smallest absolute Gasteiger partial charge is 0.411 e. The number of amides is 3. The van der Waals surface area contributed by atoms with E-state index in [9.17, 15) is 14.4 Å². The molecule has 0 spiro atoms. The molecule has 170 valence electrons. The van der Waals surface area contributed by atoms with Crippen LogP contribution in [0.4, 0.5) is 10.5 Å². The van der Waals surface area contributed by atoms with Crippen LogP contribution in [-0.2, 0) is 20.9 Å². The molecule has 3 atom stereocenters. The zero-order chi connectivity index (χ0) is 23.3. The Morgan fingerprint density at radius 3 is 2.50 bits per heavy atom. The molecular formula is C25H31N3O4. The maximum Gasteiger partial charge on any atom is 0.411 e. The molecule has 0 radical (unpaired) electrons. The van der Waals surface area contributed by atoms with Crippen molar-refractivity contribution in [1.29, 1.82) is 0 Å². The number of nitrogens with zero attached hydrogens (tertiary/aromatic N) is 1. The molecule has 7 nitrogen and oxygen atoms in total. The van der Waals surface area contributed by atoms with Gasteiger partial charge in [-0.15, -0.1) is 0 Å². The average Bonchev–Trinajstić information content (AvgIpc) is 3.11. The van der Waals surface area contributed by atoms with E-state index in [1.807, 2.05) is 45.0 Å². The van der Waals surface area contributed by atoms with E-state index in [0.717, 1.165) is 17.5 Å². The highest BCUT2D eigenvalue weighted by molar-refractivity contribution is 5.91. The molecule has 32 heavy (non-hydrogen) atoms. The van der Waals surface area contributed by atoms with Crippen LogP contribution in [0.25, 0.3) is 0 Å². The number of hydrogen-bond acceptors (Lipinski definition) is 4. The Morgan fingerprint density at radius 2 is 1.84 bits per heavy atom. The molecule has 1 fully saturated rings.